The van der Waals surface area contributed by atoms with Crippen molar-refractivity contribution in [2.24, 2.45) is 0 Å². The molecule has 1 aromatic rings. The second kappa shape index (κ2) is 7.29. The predicted molar refractivity (Wildman–Crippen MR) is 70.5 cm³/mol. The molecule has 17 heavy (non-hydrogen) atoms. The van der Waals surface area contributed by atoms with Gasteiger partial charge < -0.3 is 15.5 Å². The number of carboxylic acid groups (broad SMARTS) is 1. The minimum absolute atomic E-state index is 0.206. The first-order chi connectivity index (χ1) is 8.16. The molecule has 4 nitrogen and oxygen atoms in total. The Kier molecular flexibility index (Phi) is 6.00. The van der Waals surface area contributed by atoms with Gasteiger partial charge in [0.05, 0.1) is 5.56 Å². The SMILES string of the molecule is O=C(O)c1c(Br)cccc1NCCCCCO. The minimum atomic E-state index is -0.949. The summed E-state index contributed by atoms with van der Waals surface area (Å²) in [5.74, 6) is -0.949. The van der Waals surface area contributed by atoms with Crippen molar-refractivity contribution in [3.05, 3.63) is 28.2 Å². The van der Waals surface area contributed by atoms with Crippen LogP contribution in [0.25, 0.3) is 0 Å². The van der Waals surface area contributed by atoms with E-state index in [9.17, 15) is 4.79 Å². The third-order valence-electron chi connectivity index (χ3n) is 2.38. The molecule has 0 bridgehead atoms. The van der Waals surface area contributed by atoms with Crippen LogP contribution < -0.4 is 5.32 Å². The summed E-state index contributed by atoms with van der Waals surface area (Å²) < 4.78 is 0.574. The van der Waals surface area contributed by atoms with Gasteiger partial charge in [0, 0.05) is 23.3 Å². The van der Waals surface area contributed by atoms with Gasteiger partial charge in [0.2, 0.25) is 0 Å². The van der Waals surface area contributed by atoms with Crippen LogP contribution >= 0.6 is 15.9 Å². The summed E-state index contributed by atoms with van der Waals surface area (Å²) in [6.45, 7) is 0.911. The molecular formula is C12H16BrNO3. The Hall–Kier alpha value is -1.07. The largest absolute Gasteiger partial charge is 0.478 e. The van der Waals surface area contributed by atoms with E-state index >= 15 is 0 Å². The van der Waals surface area contributed by atoms with Crippen molar-refractivity contribution in [3.8, 4) is 0 Å². The Bertz CT molecular complexity index is 382. The van der Waals surface area contributed by atoms with Crippen LogP contribution in [0.4, 0.5) is 5.69 Å². The summed E-state index contributed by atoms with van der Waals surface area (Å²) in [5.41, 5.74) is 0.880. The second-order valence-corrected chi connectivity index (χ2v) is 4.53. The molecule has 0 heterocycles. The van der Waals surface area contributed by atoms with Crippen molar-refractivity contribution >= 4 is 27.6 Å². The number of nitrogens with one attached hydrogen (secondary N) is 1. The van der Waals surface area contributed by atoms with E-state index in [1.807, 2.05) is 0 Å². The van der Waals surface area contributed by atoms with Gasteiger partial charge in [-0.15, -0.1) is 0 Å². The highest BCUT2D eigenvalue weighted by Crippen LogP contribution is 2.24. The molecule has 0 saturated carbocycles. The fraction of sp³-hybridized carbons (Fsp3) is 0.417. The average Bonchev–Trinajstić information content (AvgIpc) is 2.28. The van der Waals surface area contributed by atoms with E-state index in [0.29, 0.717) is 16.7 Å². The lowest BCUT2D eigenvalue weighted by Crippen LogP contribution is -2.08. The van der Waals surface area contributed by atoms with E-state index < -0.39 is 5.97 Å². The number of aliphatic hydroxyl groups is 1. The Morgan fingerprint density at radius 2 is 2.06 bits per heavy atom. The standard InChI is InChI=1S/C12H16BrNO3/c13-9-5-4-6-10(11(9)12(16)17)14-7-2-1-3-8-15/h4-6,14-15H,1-3,7-8H2,(H,16,17). The van der Waals surface area contributed by atoms with E-state index in [4.69, 9.17) is 10.2 Å². The van der Waals surface area contributed by atoms with Crippen molar-refractivity contribution in [2.45, 2.75) is 19.3 Å². The van der Waals surface area contributed by atoms with Crippen LogP contribution in [0, 0.1) is 0 Å². The Balaban J connectivity index is 2.58. The average molecular weight is 302 g/mol. The van der Waals surface area contributed by atoms with Gasteiger partial charge >= 0.3 is 5.97 Å². The number of aromatic carboxylic acids is 1. The molecule has 0 aromatic heterocycles. The lowest BCUT2D eigenvalue weighted by Gasteiger charge is -2.10. The van der Waals surface area contributed by atoms with Gasteiger partial charge in [-0.1, -0.05) is 6.07 Å². The topological polar surface area (TPSA) is 69.6 Å². The number of hydrogen-bond donors (Lipinski definition) is 3. The maximum Gasteiger partial charge on any atom is 0.338 e. The maximum absolute atomic E-state index is 11.1. The molecule has 0 saturated heterocycles. The van der Waals surface area contributed by atoms with Crippen molar-refractivity contribution in [1.29, 1.82) is 0 Å². The molecule has 0 radical (unpaired) electrons. The number of aliphatic hydroxyl groups excluding tert-OH is 1. The Morgan fingerprint density at radius 1 is 1.29 bits per heavy atom. The third kappa shape index (κ3) is 4.36. The van der Waals surface area contributed by atoms with Gasteiger partial charge in [0.15, 0.2) is 0 Å². The van der Waals surface area contributed by atoms with Gasteiger partial charge in [-0.3, -0.25) is 0 Å². The van der Waals surface area contributed by atoms with Crippen molar-refractivity contribution < 1.29 is 15.0 Å². The zero-order valence-corrected chi connectivity index (χ0v) is 11.0. The van der Waals surface area contributed by atoms with Gasteiger partial charge in [-0.25, -0.2) is 4.79 Å². The fourth-order valence-corrected chi connectivity index (χ4v) is 2.06. The first-order valence-electron chi connectivity index (χ1n) is 5.53. The highest BCUT2D eigenvalue weighted by atomic mass is 79.9. The molecule has 0 fully saturated rings. The number of unbranched alkanes of at least 4 members (excludes halogenated alkanes) is 2. The van der Waals surface area contributed by atoms with Crippen molar-refractivity contribution in [2.75, 3.05) is 18.5 Å². The molecule has 1 aromatic carbocycles. The highest BCUT2D eigenvalue weighted by molar-refractivity contribution is 9.10. The van der Waals surface area contributed by atoms with Gasteiger partial charge in [0.25, 0.3) is 0 Å². The number of hydrogen-bond acceptors (Lipinski definition) is 3. The van der Waals surface area contributed by atoms with Crippen LogP contribution in [0.2, 0.25) is 0 Å². The number of anilines is 1. The Morgan fingerprint density at radius 3 is 2.71 bits per heavy atom. The fourth-order valence-electron chi connectivity index (χ4n) is 1.53. The normalized spacial score (nSPS) is 10.2. The number of carbonyl (C=O) groups is 1. The molecule has 0 unspecified atom stereocenters. The summed E-state index contributed by atoms with van der Waals surface area (Å²) >= 11 is 3.23. The predicted octanol–water partition coefficient (Wildman–Crippen LogP) is 2.72. The van der Waals surface area contributed by atoms with E-state index in [1.54, 1.807) is 18.2 Å². The summed E-state index contributed by atoms with van der Waals surface area (Å²) in [5, 5.41) is 20.8. The first-order valence-corrected chi connectivity index (χ1v) is 6.32. The first kappa shape index (κ1) is 14.0. The molecule has 94 valence electrons. The molecule has 0 atom stereocenters. The van der Waals surface area contributed by atoms with Crippen LogP contribution in [0.15, 0.2) is 22.7 Å². The number of carboxylic acids is 1. The van der Waals surface area contributed by atoms with Crippen LogP contribution in [0.5, 0.6) is 0 Å². The summed E-state index contributed by atoms with van der Waals surface area (Å²) in [4.78, 5) is 11.1. The minimum Gasteiger partial charge on any atom is -0.478 e. The van der Waals surface area contributed by atoms with Crippen LogP contribution in [0.1, 0.15) is 29.6 Å². The van der Waals surface area contributed by atoms with Crippen molar-refractivity contribution in [3.63, 3.8) is 0 Å². The van der Waals surface area contributed by atoms with Crippen LogP contribution in [-0.2, 0) is 0 Å². The molecule has 0 aliphatic carbocycles. The summed E-state index contributed by atoms with van der Waals surface area (Å²) in [6, 6.07) is 5.26. The molecule has 3 N–H and O–H groups in total. The number of rotatable bonds is 7. The lowest BCUT2D eigenvalue weighted by molar-refractivity contribution is 0.0697. The molecular weight excluding hydrogens is 286 g/mol. The monoisotopic (exact) mass is 301 g/mol. The van der Waals surface area contributed by atoms with Gasteiger partial charge in [-0.05, 0) is 47.3 Å². The van der Waals surface area contributed by atoms with E-state index in [2.05, 4.69) is 21.2 Å². The highest BCUT2D eigenvalue weighted by Gasteiger charge is 2.13. The zero-order valence-electron chi connectivity index (χ0n) is 9.45. The van der Waals surface area contributed by atoms with Gasteiger partial charge in [0.1, 0.15) is 0 Å². The summed E-state index contributed by atoms with van der Waals surface area (Å²) in [6.07, 6.45) is 2.62. The van der Waals surface area contributed by atoms with Crippen molar-refractivity contribution in [1.82, 2.24) is 0 Å². The summed E-state index contributed by atoms with van der Waals surface area (Å²) in [7, 11) is 0. The smallest absolute Gasteiger partial charge is 0.338 e. The van der Waals surface area contributed by atoms with Gasteiger partial charge in [-0.2, -0.15) is 0 Å². The van der Waals surface area contributed by atoms with E-state index in [0.717, 1.165) is 19.3 Å². The molecule has 5 heteroatoms. The second-order valence-electron chi connectivity index (χ2n) is 3.68. The Labute approximate surface area is 109 Å². The third-order valence-corrected chi connectivity index (χ3v) is 3.04. The quantitative estimate of drug-likeness (QED) is 0.677. The number of benzene rings is 1. The lowest BCUT2D eigenvalue weighted by atomic mass is 10.1. The maximum atomic E-state index is 11.1. The van der Waals surface area contributed by atoms with E-state index in [1.165, 1.54) is 0 Å². The van der Waals surface area contributed by atoms with E-state index in [-0.39, 0.29) is 12.2 Å². The van der Waals surface area contributed by atoms with Crippen LogP contribution in [-0.4, -0.2) is 29.3 Å². The number of halogens is 1. The van der Waals surface area contributed by atoms with Crippen LogP contribution in [0.3, 0.4) is 0 Å². The molecule has 0 aliphatic rings. The molecule has 0 spiro atoms. The zero-order chi connectivity index (χ0) is 12.7. The molecule has 1 rings (SSSR count). The molecule has 0 aliphatic heterocycles. The molecule has 0 amide bonds.